The molecule has 0 N–H and O–H groups in total. The SMILES string of the molecule is O=C(CC[C@H]1CCCN(C(=O)CSc2ccccn2)C1)N1CCOCC1. The molecule has 3 rings (SSSR count). The van der Waals surface area contributed by atoms with Crippen LogP contribution in [0.3, 0.4) is 0 Å². The molecule has 2 fully saturated rings. The molecule has 2 amide bonds. The molecular weight excluding hydrogens is 350 g/mol. The van der Waals surface area contributed by atoms with Gasteiger partial charge in [0.15, 0.2) is 0 Å². The second-order valence-electron chi connectivity index (χ2n) is 6.84. The Hall–Kier alpha value is -1.60. The molecule has 6 nitrogen and oxygen atoms in total. The number of morpholine rings is 1. The lowest BCUT2D eigenvalue weighted by Gasteiger charge is -2.33. The van der Waals surface area contributed by atoms with Gasteiger partial charge in [-0.3, -0.25) is 9.59 Å². The molecular formula is C19H27N3O3S. The summed E-state index contributed by atoms with van der Waals surface area (Å²) >= 11 is 1.49. The number of aromatic nitrogens is 1. The maximum Gasteiger partial charge on any atom is 0.232 e. The van der Waals surface area contributed by atoms with Crippen LogP contribution in [0.25, 0.3) is 0 Å². The van der Waals surface area contributed by atoms with Crippen LogP contribution in [0.15, 0.2) is 29.4 Å². The van der Waals surface area contributed by atoms with Crippen molar-refractivity contribution in [1.29, 1.82) is 0 Å². The average molecular weight is 378 g/mol. The highest BCUT2D eigenvalue weighted by Gasteiger charge is 2.25. The van der Waals surface area contributed by atoms with Crippen LogP contribution in [-0.2, 0) is 14.3 Å². The Morgan fingerprint density at radius 3 is 2.77 bits per heavy atom. The lowest BCUT2D eigenvalue weighted by molar-refractivity contribution is -0.135. The number of likely N-dealkylation sites (tertiary alicyclic amines) is 1. The smallest absolute Gasteiger partial charge is 0.232 e. The molecule has 0 aromatic carbocycles. The number of amides is 2. The Labute approximate surface area is 159 Å². The number of ether oxygens (including phenoxy) is 1. The van der Waals surface area contributed by atoms with Crippen molar-refractivity contribution in [3.8, 4) is 0 Å². The monoisotopic (exact) mass is 377 g/mol. The lowest BCUT2D eigenvalue weighted by atomic mass is 9.93. The van der Waals surface area contributed by atoms with E-state index < -0.39 is 0 Å². The number of pyridine rings is 1. The molecule has 1 aromatic rings. The summed E-state index contributed by atoms with van der Waals surface area (Å²) in [5.74, 6) is 1.25. The summed E-state index contributed by atoms with van der Waals surface area (Å²) in [6.07, 6.45) is 5.32. The predicted octanol–water partition coefficient (Wildman–Crippen LogP) is 2.05. The van der Waals surface area contributed by atoms with Gasteiger partial charge in [0.2, 0.25) is 11.8 Å². The van der Waals surface area contributed by atoms with Gasteiger partial charge in [-0.1, -0.05) is 17.8 Å². The topological polar surface area (TPSA) is 62.7 Å². The highest BCUT2D eigenvalue weighted by molar-refractivity contribution is 7.99. The van der Waals surface area contributed by atoms with Crippen molar-refractivity contribution < 1.29 is 14.3 Å². The molecule has 0 bridgehead atoms. The maximum absolute atomic E-state index is 12.5. The maximum atomic E-state index is 12.5. The predicted molar refractivity (Wildman–Crippen MR) is 101 cm³/mol. The average Bonchev–Trinajstić information content (AvgIpc) is 2.72. The molecule has 1 aromatic heterocycles. The minimum atomic E-state index is 0.171. The van der Waals surface area contributed by atoms with Crippen LogP contribution in [0.4, 0.5) is 0 Å². The van der Waals surface area contributed by atoms with Gasteiger partial charge in [-0.25, -0.2) is 4.98 Å². The second kappa shape index (κ2) is 9.92. The molecule has 26 heavy (non-hydrogen) atoms. The van der Waals surface area contributed by atoms with Gasteiger partial charge in [0.05, 0.1) is 24.0 Å². The number of hydrogen-bond donors (Lipinski definition) is 0. The zero-order chi connectivity index (χ0) is 18.2. The van der Waals surface area contributed by atoms with E-state index in [0.717, 1.165) is 37.4 Å². The fourth-order valence-corrected chi connectivity index (χ4v) is 4.25. The molecule has 2 aliphatic rings. The number of hydrogen-bond acceptors (Lipinski definition) is 5. The van der Waals surface area contributed by atoms with Crippen LogP contribution in [0.1, 0.15) is 25.7 Å². The Morgan fingerprint density at radius 1 is 1.15 bits per heavy atom. The second-order valence-corrected chi connectivity index (χ2v) is 7.83. The van der Waals surface area contributed by atoms with E-state index >= 15 is 0 Å². The van der Waals surface area contributed by atoms with Crippen LogP contribution >= 0.6 is 11.8 Å². The molecule has 2 aliphatic heterocycles. The molecule has 3 heterocycles. The first-order valence-corrected chi connectivity index (χ1v) is 10.4. The number of nitrogens with zero attached hydrogens (tertiary/aromatic N) is 3. The standard InChI is InChI=1S/C19H27N3O3S/c23-18(21-10-12-25-13-11-21)7-6-16-4-3-9-22(14-16)19(24)15-26-17-5-1-2-8-20-17/h1-2,5,8,16H,3-4,6-7,9-15H2/t16-/m1/s1. The molecule has 142 valence electrons. The fraction of sp³-hybridized carbons (Fsp3) is 0.632. The van der Waals surface area contributed by atoms with Crippen LogP contribution in [0.2, 0.25) is 0 Å². The first-order chi connectivity index (χ1) is 12.7. The molecule has 1 atom stereocenters. The third kappa shape index (κ3) is 5.71. The Balaban J connectivity index is 1.40. The number of carbonyl (C=O) groups excluding carboxylic acids is 2. The number of carbonyl (C=O) groups is 2. The normalized spacial score (nSPS) is 20.8. The van der Waals surface area contributed by atoms with Gasteiger partial charge >= 0.3 is 0 Å². The van der Waals surface area contributed by atoms with Gasteiger partial charge in [-0.15, -0.1) is 0 Å². The van der Waals surface area contributed by atoms with E-state index in [1.54, 1.807) is 6.20 Å². The molecule has 0 aliphatic carbocycles. The van der Waals surface area contributed by atoms with E-state index in [9.17, 15) is 9.59 Å². The van der Waals surface area contributed by atoms with Crippen molar-refractivity contribution in [2.45, 2.75) is 30.7 Å². The summed E-state index contributed by atoms with van der Waals surface area (Å²) in [5.41, 5.74) is 0. The van der Waals surface area contributed by atoms with E-state index in [-0.39, 0.29) is 11.8 Å². The van der Waals surface area contributed by atoms with Crippen LogP contribution < -0.4 is 0 Å². The van der Waals surface area contributed by atoms with Crippen molar-refractivity contribution in [2.24, 2.45) is 5.92 Å². The Bertz CT molecular complexity index is 593. The van der Waals surface area contributed by atoms with Crippen molar-refractivity contribution in [2.75, 3.05) is 45.1 Å². The van der Waals surface area contributed by atoms with Gasteiger partial charge in [-0.2, -0.15) is 0 Å². The van der Waals surface area contributed by atoms with Crippen molar-refractivity contribution in [3.05, 3.63) is 24.4 Å². The van der Waals surface area contributed by atoms with Gasteiger partial charge in [-0.05, 0) is 37.3 Å². The van der Waals surface area contributed by atoms with Gasteiger partial charge in [0, 0.05) is 38.8 Å². The van der Waals surface area contributed by atoms with E-state index in [2.05, 4.69) is 4.98 Å². The van der Waals surface area contributed by atoms with E-state index in [1.807, 2.05) is 28.0 Å². The van der Waals surface area contributed by atoms with Crippen LogP contribution in [0.5, 0.6) is 0 Å². The quantitative estimate of drug-likeness (QED) is 0.710. The fourth-order valence-electron chi connectivity index (χ4n) is 3.49. The van der Waals surface area contributed by atoms with E-state index in [4.69, 9.17) is 4.74 Å². The molecule has 0 spiro atoms. The summed E-state index contributed by atoms with van der Waals surface area (Å²) < 4.78 is 5.30. The van der Waals surface area contributed by atoms with E-state index in [1.165, 1.54) is 11.8 Å². The van der Waals surface area contributed by atoms with Crippen molar-refractivity contribution >= 4 is 23.6 Å². The summed E-state index contributed by atoms with van der Waals surface area (Å²) in [6, 6.07) is 5.73. The Kier molecular flexibility index (Phi) is 7.32. The van der Waals surface area contributed by atoms with Crippen LogP contribution in [-0.4, -0.2) is 71.7 Å². The zero-order valence-electron chi connectivity index (χ0n) is 15.1. The van der Waals surface area contributed by atoms with Gasteiger partial charge in [0.25, 0.3) is 0 Å². The third-order valence-corrected chi connectivity index (χ3v) is 5.91. The zero-order valence-corrected chi connectivity index (χ0v) is 16.0. The third-order valence-electron chi connectivity index (χ3n) is 4.98. The van der Waals surface area contributed by atoms with Crippen molar-refractivity contribution in [3.63, 3.8) is 0 Å². The molecule has 0 radical (unpaired) electrons. The highest BCUT2D eigenvalue weighted by atomic mass is 32.2. The first kappa shape index (κ1) is 19.2. The molecule has 0 unspecified atom stereocenters. The van der Waals surface area contributed by atoms with E-state index in [0.29, 0.717) is 44.4 Å². The number of rotatable bonds is 6. The lowest BCUT2D eigenvalue weighted by Crippen LogP contribution is -2.42. The van der Waals surface area contributed by atoms with Gasteiger partial charge in [0.1, 0.15) is 0 Å². The molecule has 7 heteroatoms. The largest absolute Gasteiger partial charge is 0.378 e. The minimum absolute atomic E-state index is 0.171. The highest BCUT2D eigenvalue weighted by Crippen LogP contribution is 2.23. The summed E-state index contributed by atoms with van der Waals surface area (Å²) in [7, 11) is 0. The first-order valence-electron chi connectivity index (χ1n) is 9.39. The number of thioether (sulfide) groups is 1. The van der Waals surface area contributed by atoms with Crippen LogP contribution in [0, 0.1) is 5.92 Å². The molecule has 2 saturated heterocycles. The number of piperidine rings is 1. The van der Waals surface area contributed by atoms with Gasteiger partial charge < -0.3 is 14.5 Å². The Morgan fingerprint density at radius 2 is 2.00 bits per heavy atom. The summed E-state index contributed by atoms with van der Waals surface area (Å²) in [4.78, 5) is 32.9. The molecule has 0 saturated carbocycles. The minimum Gasteiger partial charge on any atom is -0.378 e. The summed E-state index contributed by atoms with van der Waals surface area (Å²) in [6.45, 7) is 4.31. The van der Waals surface area contributed by atoms with Crippen molar-refractivity contribution in [1.82, 2.24) is 14.8 Å². The summed E-state index contributed by atoms with van der Waals surface area (Å²) in [5, 5.41) is 0.880.